The number of carbonyl (C=O) groups is 2. The molecule has 1 N–H and O–H groups in total. The van der Waals surface area contributed by atoms with Crippen molar-refractivity contribution >= 4 is 23.5 Å². The van der Waals surface area contributed by atoms with Crippen LogP contribution in [0.4, 0.5) is 0 Å². The van der Waals surface area contributed by atoms with Crippen LogP contribution in [0.25, 0.3) is 0 Å². The van der Waals surface area contributed by atoms with Crippen molar-refractivity contribution in [2.45, 2.75) is 25.2 Å². The molecule has 0 bridgehead atoms. The second-order valence-electron chi connectivity index (χ2n) is 7.72. The zero-order chi connectivity index (χ0) is 19.0. The number of likely N-dealkylation sites (tertiary alicyclic amines) is 1. The third-order valence-electron chi connectivity index (χ3n) is 5.95. The summed E-state index contributed by atoms with van der Waals surface area (Å²) < 4.78 is 0. The molecule has 0 radical (unpaired) electrons. The number of nitrogens with zero attached hydrogens (tertiary/aromatic N) is 1. The second-order valence-corrected chi connectivity index (χ2v) is 8.13. The highest BCUT2D eigenvalue weighted by Gasteiger charge is 2.54. The third-order valence-corrected chi connectivity index (χ3v) is 6.31. The van der Waals surface area contributed by atoms with E-state index in [1.54, 1.807) is 4.90 Å². The minimum Gasteiger partial charge on any atom is -0.481 e. The van der Waals surface area contributed by atoms with Gasteiger partial charge in [0.1, 0.15) is 0 Å². The molecule has 1 saturated carbocycles. The molecule has 1 heterocycles. The molecule has 2 aromatic carbocycles. The van der Waals surface area contributed by atoms with Crippen LogP contribution in [0.15, 0.2) is 54.6 Å². The molecule has 27 heavy (non-hydrogen) atoms. The van der Waals surface area contributed by atoms with E-state index < -0.39 is 17.3 Å². The molecule has 2 aromatic rings. The van der Waals surface area contributed by atoms with Crippen LogP contribution in [0.1, 0.15) is 29.9 Å². The number of aliphatic carboxylic acids is 1. The summed E-state index contributed by atoms with van der Waals surface area (Å²) in [4.78, 5) is 26.8. The van der Waals surface area contributed by atoms with E-state index in [0.29, 0.717) is 18.0 Å². The quantitative estimate of drug-likeness (QED) is 0.849. The van der Waals surface area contributed by atoms with E-state index in [1.165, 1.54) is 0 Å². The zero-order valence-electron chi connectivity index (χ0n) is 15.0. The lowest BCUT2D eigenvalue weighted by molar-refractivity contribution is -0.142. The van der Waals surface area contributed by atoms with Gasteiger partial charge < -0.3 is 10.0 Å². The van der Waals surface area contributed by atoms with Crippen LogP contribution in [0.5, 0.6) is 0 Å². The summed E-state index contributed by atoms with van der Waals surface area (Å²) in [5, 5.41) is 10.4. The first-order valence-electron chi connectivity index (χ1n) is 9.31. The molecule has 1 amide bonds. The summed E-state index contributed by atoms with van der Waals surface area (Å²) >= 11 is 6.29. The van der Waals surface area contributed by atoms with Crippen LogP contribution in [0.2, 0.25) is 5.02 Å². The van der Waals surface area contributed by atoms with Crippen molar-refractivity contribution < 1.29 is 14.7 Å². The molecule has 2 atom stereocenters. The molecule has 2 aliphatic rings. The van der Waals surface area contributed by atoms with Gasteiger partial charge >= 0.3 is 5.97 Å². The average Bonchev–Trinajstić information content (AvgIpc) is 3.31. The van der Waals surface area contributed by atoms with E-state index in [1.807, 2.05) is 54.6 Å². The highest BCUT2D eigenvalue weighted by atomic mass is 35.5. The van der Waals surface area contributed by atoms with Crippen LogP contribution < -0.4 is 0 Å². The maximum absolute atomic E-state index is 13.3. The summed E-state index contributed by atoms with van der Waals surface area (Å²) in [7, 11) is 0. The predicted octanol–water partition coefficient (Wildman–Crippen LogP) is 3.99. The smallest absolute Gasteiger partial charge is 0.308 e. The second kappa shape index (κ2) is 7.01. The van der Waals surface area contributed by atoms with Crippen LogP contribution in [0.3, 0.4) is 0 Å². The minimum absolute atomic E-state index is 0.0760. The first-order chi connectivity index (χ1) is 13.0. The Bertz CT molecular complexity index is 863. The number of carboxylic acids is 1. The van der Waals surface area contributed by atoms with Gasteiger partial charge in [0, 0.05) is 24.0 Å². The fourth-order valence-corrected chi connectivity index (χ4v) is 4.42. The Morgan fingerprint density at radius 1 is 1.04 bits per heavy atom. The van der Waals surface area contributed by atoms with E-state index in [0.717, 1.165) is 24.0 Å². The van der Waals surface area contributed by atoms with Gasteiger partial charge in [0.15, 0.2) is 0 Å². The van der Waals surface area contributed by atoms with Crippen molar-refractivity contribution in [3.05, 3.63) is 70.7 Å². The van der Waals surface area contributed by atoms with E-state index in [9.17, 15) is 14.7 Å². The average molecular weight is 384 g/mol. The van der Waals surface area contributed by atoms with Crippen molar-refractivity contribution in [2.75, 3.05) is 13.1 Å². The SMILES string of the molecule is O=C(O)[C@@H]1CN(C(=O)C2(Cc3ccccc3Cl)CC2)C[C@@H]1c1ccccc1. The molecule has 0 spiro atoms. The standard InChI is InChI=1S/C22H22ClNO3/c23-19-9-5-4-8-16(19)12-22(10-11-22)21(27)24-13-17(18(14-24)20(25)26)15-6-2-1-3-7-15/h1-9,17-18H,10-14H2,(H,25,26)/t17-,18-/m1/s1. The van der Waals surface area contributed by atoms with E-state index in [-0.39, 0.29) is 18.4 Å². The molecule has 4 nitrogen and oxygen atoms in total. The number of carboxylic acid groups (broad SMARTS) is 1. The summed E-state index contributed by atoms with van der Waals surface area (Å²) in [6.07, 6.45) is 2.29. The molecular formula is C22H22ClNO3. The topological polar surface area (TPSA) is 57.6 Å². The molecule has 1 saturated heterocycles. The Labute approximate surface area is 163 Å². The molecule has 2 fully saturated rings. The number of rotatable bonds is 5. The van der Waals surface area contributed by atoms with Gasteiger partial charge in [0.05, 0.1) is 11.3 Å². The van der Waals surface area contributed by atoms with E-state index in [4.69, 9.17) is 11.6 Å². The lowest BCUT2D eigenvalue weighted by Crippen LogP contribution is -2.37. The lowest BCUT2D eigenvalue weighted by Gasteiger charge is -2.23. The number of amides is 1. The van der Waals surface area contributed by atoms with E-state index in [2.05, 4.69) is 0 Å². The van der Waals surface area contributed by atoms with Gasteiger partial charge in [0.2, 0.25) is 5.91 Å². The highest BCUT2D eigenvalue weighted by Crippen LogP contribution is 2.51. The largest absolute Gasteiger partial charge is 0.481 e. The Hall–Kier alpha value is -2.33. The number of carbonyl (C=O) groups excluding carboxylic acids is 1. The zero-order valence-corrected chi connectivity index (χ0v) is 15.7. The Morgan fingerprint density at radius 2 is 1.70 bits per heavy atom. The monoisotopic (exact) mass is 383 g/mol. The van der Waals surface area contributed by atoms with Gasteiger partial charge in [-0.05, 0) is 36.5 Å². The summed E-state index contributed by atoms with van der Waals surface area (Å²) in [6, 6.07) is 17.3. The maximum Gasteiger partial charge on any atom is 0.308 e. The van der Waals surface area contributed by atoms with Crippen LogP contribution in [-0.4, -0.2) is 35.0 Å². The fraction of sp³-hybridized carbons (Fsp3) is 0.364. The van der Waals surface area contributed by atoms with Crippen molar-refractivity contribution in [1.29, 1.82) is 0 Å². The minimum atomic E-state index is -0.838. The first-order valence-corrected chi connectivity index (χ1v) is 9.68. The molecule has 140 valence electrons. The van der Waals surface area contributed by atoms with Gasteiger partial charge in [-0.1, -0.05) is 60.1 Å². The normalized spacial score (nSPS) is 23.2. The Balaban J connectivity index is 1.54. The molecule has 1 aliphatic carbocycles. The van der Waals surface area contributed by atoms with Gasteiger partial charge in [0.25, 0.3) is 0 Å². The van der Waals surface area contributed by atoms with Gasteiger partial charge in [-0.2, -0.15) is 0 Å². The molecular weight excluding hydrogens is 362 g/mol. The number of hydrogen-bond donors (Lipinski definition) is 1. The first kappa shape index (κ1) is 18.1. The number of halogens is 1. The highest BCUT2D eigenvalue weighted by molar-refractivity contribution is 6.31. The Morgan fingerprint density at radius 3 is 2.33 bits per heavy atom. The van der Waals surface area contributed by atoms with Gasteiger partial charge in [-0.25, -0.2) is 0 Å². The van der Waals surface area contributed by atoms with E-state index >= 15 is 0 Å². The molecule has 0 aromatic heterocycles. The van der Waals surface area contributed by atoms with Gasteiger partial charge in [-0.15, -0.1) is 0 Å². The summed E-state index contributed by atoms with van der Waals surface area (Å²) in [5.41, 5.74) is 1.55. The summed E-state index contributed by atoms with van der Waals surface area (Å²) in [5.74, 6) is -1.49. The number of hydrogen-bond acceptors (Lipinski definition) is 2. The van der Waals surface area contributed by atoms with Crippen LogP contribution in [-0.2, 0) is 16.0 Å². The van der Waals surface area contributed by atoms with Crippen LogP contribution >= 0.6 is 11.6 Å². The maximum atomic E-state index is 13.3. The lowest BCUT2D eigenvalue weighted by atomic mass is 9.89. The van der Waals surface area contributed by atoms with Crippen molar-refractivity contribution in [3.8, 4) is 0 Å². The van der Waals surface area contributed by atoms with Crippen LogP contribution in [0, 0.1) is 11.3 Å². The summed E-state index contributed by atoms with van der Waals surface area (Å²) in [6.45, 7) is 0.738. The van der Waals surface area contributed by atoms with Crippen molar-refractivity contribution in [1.82, 2.24) is 4.90 Å². The molecule has 4 rings (SSSR count). The number of benzene rings is 2. The van der Waals surface area contributed by atoms with Crippen molar-refractivity contribution in [3.63, 3.8) is 0 Å². The van der Waals surface area contributed by atoms with Gasteiger partial charge in [-0.3, -0.25) is 9.59 Å². The van der Waals surface area contributed by atoms with Crippen molar-refractivity contribution in [2.24, 2.45) is 11.3 Å². The molecule has 1 aliphatic heterocycles. The Kier molecular flexibility index (Phi) is 4.68. The molecule has 0 unspecified atom stereocenters. The third kappa shape index (κ3) is 3.46. The predicted molar refractivity (Wildman–Crippen MR) is 104 cm³/mol. The fourth-order valence-electron chi connectivity index (χ4n) is 4.22. The molecule has 5 heteroatoms.